The molecule has 0 aliphatic heterocycles. The minimum atomic E-state index is -0.849. The molecule has 0 unspecified atom stereocenters. The van der Waals surface area contributed by atoms with Crippen LogP contribution in [0.25, 0.3) is 22.1 Å². The van der Waals surface area contributed by atoms with Crippen LogP contribution < -0.4 is 0 Å². The van der Waals surface area contributed by atoms with E-state index in [1.54, 1.807) is 20.9 Å². The molecule has 2 aromatic heterocycles. The van der Waals surface area contributed by atoms with Crippen molar-refractivity contribution in [3.8, 4) is 6.07 Å². The van der Waals surface area contributed by atoms with Crippen LogP contribution in [0.3, 0.4) is 0 Å². The maximum Gasteiger partial charge on any atom is 0.234 e. The summed E-state index contributed by atoms with van der Waals surface area (Å²) in [5.41, 5.74) is 1.21. The summed E-state index contributed by atoms with van der Waals surface area (Å²) >= 11 is 1.28. The first-order valence-corrected chi connectivity index (χ1v) is 8.35. The Morgan fingerprint density at radius 1 is 1.38 bits per heavy atom. The molecule has 0 atom stereocenters. The summed E-state index contributed by atoms with van der Waals surface area (Å²) in [5.74, 6) is 0.0273. The molecule has 0 radical (unpaired) electrons. The van der Waals surface area contributed by atoms with Gasteiger partial charge in [-0.3, -0.25) is 4.79 Å². The molecule has 122 valence electrons. The summed E-state index contributed by atoms with van der Waals surface area (Å²) < 4.78 is 5.84. The molecule has 0 fully saturated rings. The molecule has 0 saturated carbocycles. The molecule has 1 aromatic carbocycles. The number of amides is 1. The quantitative estimate of drug-likeness (QED) is 0.535. The Morgan fingerprint density at radius 3 is 2.88 bits per heavy atom. The van der Waals surface area contributed by atoms with Crippen LogP contribution in [0, 0.1) is 11.3 Å². The van der Waals surface area contributed by atoms with Crippen LogP contribution in [0.1, 0.15) is 13.8 Å². The molecule has 1 amide bonds. The molecule has 7 heteroatoms. The van der Waals surface area contributed by atoms with E-state index < -0.39 is 5.54 Å². The van der Waals surface area contributed by atoms with Crippen molar-refractivity contribution in [2.24, 2.45) is 0 Å². The first kappa shape index (κ1) is 16.3. The fraction of sp³-hybridized carbons (Fsp3) is 0.294. The minimum Gasteiger partial charge on any atom is -0.451 e. The highest BCUT2D eigenvalue weighted by atomic mass is 32.2. The van der Waals surface area contributed by atoms with Crippen LogP contribution >= 0.6 is 11.8 Å². The molecule has 0 aliphatic carbocycles. The van der Waals surface area contributed by atoms with Crippen LogP contribution in [-0.4, -0.2) is 39.1 Å². The number of rotatable bonds is 4. The lowest BCUT2D eigenvalue weighted by Gasteiger charge is -2.28. The van der Waals surface area contributed by atoms with Gasteiger partial charge in [0.05, 0.1) is 11.8 Å². The number of thioether (sulfide) groups is 1. The smallest absolute Gasteiger partial charge is 0.234 e. The lowest BCUT2D eigenvalue weighted by molar-refractivity contribution is -0.130. The van der Waals surface area contributed by atoms with E-state index in [-0.39, 0.29) is 11.7 Å². The fourth-order valence-electron chi connectivity index (χ4n) is 2.22. The summed E-state index contributed by atoms with van der Waals surface area (Å²) in [6.45, 7) is 3.41. The maximum absolute atomic E-state index is 12.3. The summed E-state index contributed by atoms with van der Waals surface area (Å²) in [5, 5.41) is 10.7. The van der Waals surface area contributed by atoms with Gasteiger partial charge in [-0.25, -0.2) is 9.97 Å². The first-order valence-electron chi connectivity index (χ1n) is 7.37. The number of para-hydroxylation sites is 1. The van der Waals surface area contributed by atoms with E-state index in [0.717, 1.165) is 16.5 Å². The van der Waals surface area contributed by atoms with Crippen LogP contribution in [0.4, 0.5) is 0 Å². The number of benzene rings is 1. The monoisotopic (exact) mass is 340 g/mol. The molecule has 2 heterocycles. The number of nitriles is 1. The van der Waals surface area contributed by atoms with Gasteiger partial charge >= 0.3 is 0 Å². The Morgan fingerprint density at radius 2 is 2.12 bits per heavy atom. The summed E-state index contributed by atoms with van der Waals surface area (Å²) in [6, 6.07) is 9.76. The molecule has 24 heavy (non-hydrogen) atoms. The van der Waals surface area contributed by atoms with Gasteiger partial charge in [-0.15, -0.1) is 0 Å². The standard InChI is InChI=1S/C17H16N4O2S/c1-17(2,9-18)21(3)13(22)8-24-16-15-14(19-10-20-16)11-6-4-5-7-12(11)23-15/h4-7,10H,8H2,1-3H3. The molecular weight excluding hydrogens is 324 g/mol. The van der Waals surface area contributed by atoms with Crippen molar-refractivity contribution in [2.75, 3.05) is 12.8 Å². The second-order valence-electron chi connectivity index (χ2n) is 5.87. The van der Waals surface area contributed by atoms with Gasteiger partial charge in [0.1, 0.15) is 28.0 Å². The third kappa shape index (κ3) is 2.81. The molecule has 0 spiro atoms. The van der Waals surface area contributed by atoms with Crippen LogP contribution in [0.15, 0.2) is 40.0 Å². The predicted octanol–water partition coefficient (Wildman–Crippen LogP) is 3.23. The van der Waals surface area contributed by atoms with E-state index in [1.807, 2.05) is 24.3 Å². The Kier molecular flexibility index (Phi) is 4.16. The van der Waals surface area contributed by atoms with Gasteiger partial charge in [-0.2, -0.15) is 5.26 Å². The number of carbonyl (C=O) groups excluding carboxylic acids is 1. The molecule has 6 nitrogen and oxygen atoms in total. The van der Waals surface area contributed by atoms with E-state index >= 15 is 0 Å². The number of hydrogen-bond acceptors (Lipinski definition) is 6. The van der Waals surface area contributed by atoms with Crippen LogP contribution in [0.2, 0.25) is 0 Å². The number of hydrogen-bond donors (Lipinski definition) is 0. The zero-order valence-corrected chi connectivity index (χ0v) is 14.4. The van der Waals surface area contributed by atoms with Crippen molar-refractivity contribution in [3.05, 3.63) is 30.6 Å². The van der Waals surface area contributed by atoms with E-state index in [2.05, 4.69) is 16.0 Å². The van der Waals surface area contributed by atoms with Crippen molar-refractivity contribution >= 4 is 39.7 Å². The van der Waals surface area contributed by atoms with Gasteiger partial charge in [0.2, 0.25) is 5.91 Å². The van der Waals surface area contributed by atoms with Crippen molar-refractivity contribution in [3.63, 3.8) is 0 Å². The van der Waals surface area contributed by atoms with Crippen molar-refractivity contribution in [2.45, 2.75) is 24.4 Å². The van der Waals surface area contributed by atoms with Gasteiger partial charge in [-0.1, -0.05) is 23.9 Å². The summed E-state index contributed by atoms with van der Waals surface area (Å²) in [4.78, 5) is 22.3. The third-order valence-corrected chi connectivity index (χ3v) is 4.90. The fourth-order valence-corrected chi connectivity index (χ4v) is 3.06. The average molecular weight is 340 g/mol. The zero-order valence-electron chi connectivity index (χ0n) is 13.6. The second-order valence-corrected chi connectivity index (χ2v) is 6.83. The van der Waals surface area contributed by atoms with E-state index in [1.165, 1.54) is 23.0 Å². The SMILES string of the molecule is CN(C(=O)CSc1ncnc2c1oc1ccccc12)C(C)(C)C#N. The highest BCUT2D eigenvalue weighted by Gasteiger charge is 2.27. The number of carbonyl (C=O) groups is 1. The molecule has 0 N–H and O–H groups in total. The number of fused-ring (bicyclic) bond motifs is 3. The van der Waals surface area contributed by atoms with Gasteiger partial charge in [0.15, 0.2) is 5.58 Å². The highest BCUT2D eigenvalue weighted by Crippen LogP contribution is 2.32. The molecule has 3 aromatic rings. The molecule has 3 rings (SSSR count). The van der Waals surface area contributed by atoms with E-state index in [4.69, 9.17) is 9.68 Å². The minimum absolute atomic E-state index is 0.144. The Bertz CT molecular complexity index is 958. The normalized spacial score (nSPS) is 11.6. The van der Waals surface area contributed by atoms with Gasteiger partial charge in [0, 0.05) is 12.4 Å². The lowest BCUT2D eigenvalue weighted by atomic mass is 10.1. The van der Waals surface area contributed by atoms with Crippen molar-refractivity contribution in [1.29, 1.82) is 5.26 Å². The number of aromatic nitrogens is 2. The van der Waals surface area contributed by atoms with Crippen LogP contribution in [-0.2, 0) is 4.79 Å². The third-order valence-electron chi connectivity index (χ3n) is 3.94. The molecular formula is C17H16N4O2S. The number of nitrogens with zero attached hydrogens (tertiary/aromatic N) is 4. The summed E-state index contributed by atoms with van der Waals surface area (Å²) in [7, 11) is 1.63. The van der Waals surface area contributed by atoms with Gasteiger partial charge in [-0.05, 0) is 26.0 Å². The van der Waals surface area contributed by atoms with Gasteiger partial charge < -0.3 is 9.32 Å². The predicted molar refractivity (Wildman–Crippen MR) is 92.5 cm³/mol. The van der Waals surface area contributed by atoms with Gasteiger partial charge in [0.25, 0.3) is 0 Å². The Labute approximate surface area is 143 Å². The van der Waals surface area contributed by atoms with Crippen molar-refractivity contribution in [1.82, 2.24) is 14.9 Å². The van der Waals surface area contributed by atoms with Crippen molar-refractivity contribution < 1.29 is 9.21 Å². The summed E-state index contributed by atoms with van der Waals surface area (Å²) in [6.07, 6.45) is 1.47. The first-order chi connectivity index (χ1) is 11.4. The number of furan rings is 1. The highest BCUT2D eigenvalue weighted by molar-refractivity contribution is 8.00. The Hall–Kier alpha value is -2.59. The van der Waals surface area contributed by atoms with E-state index in [0.29, 0.717) is 10.6 Å². The zero-order chi connectivity index (χ0) is 17.3. The second kappa shape index (κ2) is 6.13. The molecule has 0 aliphatic rings. The maximum atomic E-state index is 12.3. The largest absolute Gasteiger partial charge is 0.451 e. The lowest BCUT2D eigenvalue weighted by Crippen LogP contribution is -2.44. The molecule has 0 saturated heterocycles. The van der Waals surface area contributed by atoms with Crippen LogP contribution in [0.5, 0.6) is 0 Å². The van der Waals surface area contributed by atoms with E-state index in [9.17, 15) is 4.79 Å². The molecule has 0 bridgehead atoms. The average Bonchev–Trinajstić information content (AvgIpc) is 2.98. The topological polar surface area (TPSA) is 83.0 Å². The Balaban J connectivity index is 1.86.